The molecule has 1 heterocycles. The van der Waals surface area contributed by atoms with Crippen molar-refractivity contribution in [2.45, 2.75) is 20.8 Å². The molecule has 3 nitrogen and oxygen atoms in total. The molecule has 0 amide bonds. The molecule has 1 aromatic rings. The zero-order valence-electron chi connectivity index (χ0n) is 11.1. The molecule has 0 saturated carbocycles. The molecular weight excluding hydrogens is 343 g/mol. The predicted molar refractivity (Wildman–Crippen MR) is 65.2 cm³/mol. The standard InChI is InChI=1S/C12H17N3.3ClH.V/c1-4-13-8-11-6-10(3)7-12(15-11)9-14-5-2;;;;/h6-9H,4-5H2,1-3H3;3*1H;/p-3. The summed E-state index contributed by atoms with van der Waals surface area (Å²) >= 11 is 0. The Hall–Kier alpha value is -0.0556. The summed E-state index contributed by atoms with van der Waals surface area (Å²) in [6.07, 6.45) is 3.60. The van der Waals surface area contributed by atoms with E-state index in [-0.39, 0.29) is 55.8 Å². The summed E-state index contributed by atoms with van der Waals surface area (Å²) in [5.41, 5.74) is 2.98. The monoisotopic (exact) mass is 359 g/mol. The van der Waals surface area contributed by atoms with E-state index in [0.717, 1.165) is 24.5 Å². The van der Waals surface area contributed by atoms with Crippen molar-refractivity contribution in [2.75, 3.05) is 13.1 Å². The van der Waals surface area contributed by atoms with E-state index in [0.29, 0.717) is 0 Å². The van der Waals surface area contributed by atoms with E-state index >= 15 is 0 Å². The van der Waals surface area contributed by atoms with Gasteiger partial charge in [-0.05, 0) is 38.5 Å². The van der Waals surface area contributed by atoms with Gasteiger partial charge in [0.1, 0.15) is 0 Å². The Labute approximate surface area is 145 Å². The summed E-state index contributed by atoms with van der Waals surface area (Å²) in [4.78, 5) is 12.8. The van der Waals surface area contributed by atoms with Crippen molar-refractivity contribution in [1.29, 1.82) is 0 Å². The van der Waals surface area contributed by atoms with Crippen LogP contribution in [0.4, 0.5) is 0 Å². The number of nitrogens with zero attached hydrogens (tertiary/aromatic N) is 3. The first-order valence-corrected chi connectivity index (χ1v) is 5.24. The van der Waals surface area contributed by atoms with Gasteiger partial charge in [0.15, 0.2) is 0 Å². The molecule has 0 aliphatic carbocycles. The molecule has 0 saturated heterocycles. The van der Waals surface area contributed by atoms with Crippen LogP contribution < -0.4 is 37.2 Å². The van der Waals surface area contributed by atoms with Crippen LogP contribution in [-0.2, 0) is 18.6 Å². The SMILES string of the molecule is CCN=Cc1cc(C)cc(C=NCC)n1.[Cl-].[Cl-].[Cl-].[V]. The maximum Gasteiger partial charge on any atom is 0.0818 e. The van der Waals surface area contributed by atoms with Crippen molar-refractivity contribution in [1.82, 2.24) is 4.98 Å². The molecule has 0 aliphatic rings. The first kappa shape index (κ1) is 27.3. The number of halogens is 3. The third kappa shape index (κ3) is 11.5. The van der Waals surface area contributed by atoms with E-state index < -0.39 is 0 Å². The van der Waals surface area contributed by atoms with Gasteiger partial charge in [0.2, 0.25) is 0 Å². The molecule has 0 fully saturated rings. The number of pyridine rings is 1. The molecule has 0 aliphatic heterocycles. The van der Waals surface area contributed by atoms with Crippen LogP contribution in [0.3, 0.4) is 0 Å². The third-order valence-electron chi connectivity index (χ3n) is 1.82. The maximum atomic E-state index is 4.41. The van der Waals surface area contributed by atoms with Crippen LogP contribution in [0, 0.1) is 6.92 Å². The van der Waals surface area contributed by atoms with Crippen LogP contribution in [0.15, 0.2) is 22.1 Å². The largest absolute Gasteiger partial charge is 1.00 e. The Morgan fingerprint density at radius 1 is 0.947 bits per heavy atom. The summed E-state index contributed by atoms with van der Waals surface area (Å²) in [5, 5.41) is 0. The van der Waals surface area contributed by atoms with Crippen LogP contribution in [0.25, 0.3) is 0 Å². The second kappa shape index (κ2) is 16.0. The molecular formula is C12H17Cl3N3V-3. The molecule has 0 spiro atoms. The summed E-state index contributed by atoms with van der Waals surface area (Å²) < 4.78 is 0. The normalized spacial score (nSPS) is 9.21. The van der Waals surface area contributed by atoms with Gasteiger partial charge in [-0.25, -0.2) is 4.98 Å². The smallest absolute Gasteiger partial charge is 0.0818 e. The molecule has 0 N–H and O–H groups in total. The number of hydrogen-bond acceptors (Lipinski definition) is 3. The van der Waals surface area contributed by atoms with Crippen molar-refractivity contribution in [3.8, 4) is 0 Å². The van der Waals surface area contributed by atoms with Crippen molar-refractivity contribution in [3.05, 3.63) is 29.1 Å². The van der Waals surface area contributed by atoms with Crippen LogP contribution in [0.1, 0.15) is 30.8 Å². The average molecular weight is 361 g/mol. The zero-order valence-corrected chi connectivity index (χ0v) is 14.8. The van der Waals surface area contributed by atoms with Crippen LogP contribution in [0.2, 0.25) is 0 Å². The van der Waals surface area contributed by atoms with Crippen molar-refractivity contribution in [2.24, 2.45) is 9.98 Å². The van der Waals surface area contributed by atoms with Gasteiger partial charge in [-0.3, -0.25) is 9.98 Å². The molecule has 0 unspecified atom stereocenters. The molecule has 109 valence electrons. The molecule has 1 radical (unpaired) electrons. The van der Waals surface area contributed by atoms with E-state index in [1.807, 2.05) is 32.9 Å². The Morgan fingerprint density at radius 2 is 1.32 bits per heavy atom. The van der Waals surface area contributed by atoms with Crippen molar-refractivity contribution in [3.63, 3.8) is 0 Å². The Balaban J connectivity index is -0.000000281. The summed E-state index contributed by atoms with van der Waals surface area (Å²) in [6.45, 7) is 7.63. The third-order valence-corrected chi connectivity index (χ3v) is 1.82. The Bertz CT molecular complexity index is 352. The van der Waals surface area contributed by atoms with Crippen LogP contribution in [0.5, 0.6) is 0 Å². The quantitative estimate of drug-likeness (QED) is 0.492. The topological polar surface area (TPSA) is 37.6 Å². The van der Waals surface area contributed by atoms with E-state index in [2.05, 4.69) is 15.0 Å². The zero-order chi connectivity index (χ0) is 11.1. The number of aliphatic imine (C=N–C) groups is 2. The van der Waals surface area contributed by atoms with Gasteiger partial charge in [0.05, 0.1) is 11.4 Å². The fourth-order valence-electron chi connectivity index (χ4n) is 1.22. The first-order valence-electron chi connectivity index (χ1n) is 5.24. The number of rotatable bonds is 4. The Kier molecular flexibility index (Phi) is 23.0. The van der Waals surface area contributed by atoms with Gasteiger partial charge in [0.25, 0.3) is 0 Å². The van der Waals surface area contributed by atoms with Crippen LogP contribution in [-0.4, -0.2) is 30.5 Å². The number of aromatic nitrogens is 1. The molecule has 0 atom stereocenters. The van der Waals surface area contributed by atoms with Gasteiger partial charge in [0, 0.05) is 44.1 Å². The molecule has 19 heavy (non-hydrogen) atoms. The fourth-order valence-corrected chi connectivity index (χ4v) is 1.22. The predicted octanol–water partition coefficient (Wildman–Crippen LogP) is -6.72. The minimum atomic E-state index is 0. The Morgan fingerprint density at radius 3 is 1.63 bits per heavy atom. The van der Waals surface area contributed by atoms with Gasteiger partial charge < -0.3 is 37.2 Å². The van der Waals surface area contributed by atoms with Crippen molar-refractivity contribution >= 4 is 12.4 Å². The minimum Gasteiger partial charge on any atom is -1.00 e. The van der Waals surface area contributed by atoms with Crippen molar-refractivity contribution < 1.29 is 55.8 Å². The average Bonchev–Trinajstić information content (AvgIpc) is 2.23. The first-order chi connectivity index (χ1) is 7.26. The minimum absolute atomic E-state index is 0. The second-order valence-electron chi connectivity index (χ2n) is 3.25. The molecule has 7 heteroatoms. The van der Waals surface area contributed by atoms with Crippen LogP contribution >= 0.6 is 0 Å². The number of aryl methyl sites for hydroxylation is 1. The van der Waals surface area contributed by atoms with Gasteiger partial charge in [-0.15, -0.1) is 0 Å². The molecule has 1 aromatic heterocycles. The summed E-state index contributed by atoms with van der Waals surface area (Å²) in [5.74, 6) is 0. The second-order valence-corrected chi connectivity index (χ2v) is 3.25. The van der Waals surface area contributed by atoms with Gasteiger partial charge >= 0.3 is 0 Å². The van der Waals surface area contributed by atoms with Gasteiger partial charge in [-0.1, -0.05) is 0 Å². The summed E-state index contributed by atoms with van der Waals surface area (Å²) in [7, 11) is 0. The van der Waals surface area contributed by atoms with Gasteiger partial charge in [-0.2, -0.15) is 0 Å². The maximum absolute atomic E-state index is 4.41. The fraction of sp³-hybridized carbons (Fsp3) is 0.417. The van der Waals surface area contributed by atoms with E-state index in [1.54, 1.807) is 12.4 Å². The van der Waals surface area contributed by atoms with E-state index in [1.165, 1.54) is 5.56 Å². The molecule has 0 aromatic carbocycles. The molecule has 0 bridgehead atoms. The summed E-state index contributed by atoms with van der Waals surface area (Å²) in [6, 6.07) is 4.03. The van der Waals surface area contributed by atoms with E-state index in [9.17, 15) is 0 Å². The molecule has 1 rings (SSSR count). The van der Waals surface area contributed by atoms with E-state index in [4.69, 9.17) is 0 Å². The number of hydrogen-bond donors (Lipinski definition) is 0.